The molecule has 2 aromatic carbocycles. The van der Waals surface area contributed by atoms with Crippen molar-refractivity contribution < 1.29 is 24.5 Å². The minimum absolute atomic E-state index is 0.0670. The third kappa shape index (κ3) is 2.46. The van der Waals surface area contributed by atoms with Gasteiger partial charge in [0.1, 0.15) is 6.61 Å². The molecule has 1 aliphatic rings. The lowest BCUT2D eigenvalue weighted by molar-refractivity contribution is -0.178. The molecule has 0 fully saturated rings. The van der Waals surface area contributed by atoms with Gasteiger partial charge in [0.15, 0.2) is 0 Å². The summed E-state index contributed by atoms with van der Waals surface area (Å²) in [6.07, 6.45) is 0. The quantitative estimate of drug-likeness (QED) is 0.561. The van der Waals surface area contributed by atoms with Gasteiger partial charge in [-0.15, -0.1) is 0 Å². The second-order valence-electron chi connectivity index (χ2n) is 5.70. The summed E-state index contributed by atoms with van der Waals surface area (Å²) >= 11 is 0. The lowest BCUT2D eigenvalue weighted by atomic mass is 9.98. The molecule has 124 valence electrons. The highest BCUT2D eigenvalue weighted by atomic mass is 16.6. The van der Waals surface area contributed by atoms with Crippen LogP contribution in [0.25, 0.3) is 11.1 Å². The number of carboxylic acid groups (broad SMARTS) is 1. The number of carbonyl (C=O) groups is 2. The van der Waals surface area contributed by atoms with E-state index < -0.39 is 24.1 Å². The van der Waals surface area contributed by atoms with Crippen molar-refractivity contribution in [2.75, 3.05) is 13.2 Å². The van der Waals surface area contributed by atoms with Gasteiger partial charge in [0.2, 0.25) is 0 Å². The van der Waals surface area contributed by atoms with Crippen LogP contribution in [0.5, 0.6) is 0 Å². The number of carboxylic acids is 1. The Hall–Kier alpha value is -2.70. The molecule has 0 unspecified atom stereocenters. The van der Waals surface area contributed by atoms with Gasteiger partial charge >= 0.3 is 11.9 Å². The number of aliphatic carboxylic acids is 1. The molecule has 0 heterocycles. The highest BCUT2D eigenvalue weighted by Crippen LogP contribution is 2.44. The van der Waals surface area contributed by atoms with Crippen LogP contribution in [0, 0.1) is 0 Å². The van der Waals surface area contributed by atoms with Gasteiger partial charge in [0, 0.05) is 12.5 Å². The number of benzene rings is 2. The fourth-order valence-corrected chi connectivity index (χ4v) is 2.98. The first kappa shape index (κ1) is 16.2. The SMILES string of the molecule is NC[C@@](O)(C(=O)O)C(=O)OCC1c2ccccc2-c2ccccc21. The Balaban J connectivity index is 1.86. The molecule has 1 atom stereocenters. The Labute approximate surface area is 138 Å². The number of carbonyl (C=O) groups excluding carboxylic acids is 1. The summed E-state index contributed by atoms with van der Waals surface area (Å²) in [5.74, 6) is -3.18. The predicted molar refractivity (Wildman–Crippen MR) is 86.3 cm³/mol. The van der Waals surface area contributed by atoms with Crippen molar-refractivity contribution in [3.8, 4) is 11.1 Å². The largest absolute Gasteiger partial charge is 0.479 e. The monoisotopic (exact) mass is 327 g/mol. The summed E-state index contributed by atoms with van der Waals surface area (Å²) in [4.78, 5) is 23.0. The molecule has 6 heteroatoms. The minimum Gasteiger partial charge on any atom is -0.479 e. The predicted octanol–water partition coefficient (Wildman–Crippen LogP) is 1.12. The Morgan fingerprint density at radius 3 is 2.00 bits per heavy atom. The van der Waals surface area contributed by atoms with E-state index in [0.717, 1.165) is 22.3 Å². The highest BCUT2D eigenvalue weighted by molar-refractivity contribution is 6.02. The standard InChI is InChI=1S/C18H17NO5/c19-10-18(23,16(20)21)17(22)24-9-15-13-7-3-1-5-11(13)12-6-2-4-8-14(12)15/h1-8,15,23H,9-10,19H2,(H,20,21)/t18-/m1/s1. The number of ether oxygens (including phenoxy) is 1. The van der Waals surface area contributed by atoms with E-state index in [0.29, 0.717) is 0 Å². The molecule has 2 aromatic rings. The Morgan fingerprint density at radius 2 is 1.54 bits per heavy atom. The van der Waals surface area contributed by atoms with Gasteiger partial charge in [-0.1, -0.05) is 48.5 Å². The number of aliphatic hydroxyl groups is 1. The van der Waals surface area contributed by atoms with Crippen LogP contribution in [0.2, 0.25) is 0 Å². The molecular formula is C18H17NO5. The third-order valence-corrected chi connectivity index (χ3v) is 4.33. The maximum absolute atomic E-state index is 12.0. The second-order valence-corrected chi connectivity index (χ2v) is 5.70. The molecule has 24 heavy (non-hydrogen) atoms. The molecule has 0 aromatic heterocycles. The molecule has 0 saturated heterocycles. The van der Waals surface area contributed by atoms with Crippen molar-refractivity contribution in [3.05, 3.63) is 59.7 Å². The van der Waals surface area contributed by atoms with Crippen LogP contribution in [0.3, 0.4) is 0 Å². The number of fused-ring (bicyclic) bond motifs is 3. The van der Waals surface area contributed by atoms with E-state index in [1.165, 1.54) is 0 Å². The normalized spacial score (nSPS) is 15.2. The zero-order valence-electron chi connectivity index (χ0n) is 12.8. The molecule has 0 saturated carbocycles. The lowest BCUT2D eigenvalue weighted by Crippen LogP contribution is -2.53. The number of hydrogen-bond donors (Lipinski definition) is 3. The van der Waals surface area contributed by atoms with E-state index in [2.05, 4.69) is 0 Å². The first-order valence-corrected chi connectivity index (χ1v) is 7.50. The first-order chi connectivity index (χ1) is 11.5. The van der Waals surface area contributed by atoms with Crippen LogP contribution in [0.15, 0.2) is 48.5 Å². The van der Waals surface area contributed by atoms with Gasteiger partial charge in [-0.05, 0) is 22.3 Å². The van der Waals surface area contributed by atoms with Gasteiger partial charge in [-0.2, -0.15) is 0 Å². The molecule has 0 spiro atoms. The molecule has 6 nitrogen and oxygen atoms in total. The summed E-state index contributed by atoms with van der Waals surface area (Å²) in [6, 6.07) is 15.5. The van der Waals surface area contributed by atoms with Crippen LogP contribution < -0.4 is 5.73 Å². The van der Waals surface area contributed by atoms with E-state index in [1.807, 2.05) is 48.5 Å². The molecule has 3 rings (SSSR count). The van der Waals surface area contributed by atoms with Crippen molar-refractivity contribution in [2.45, 2.75) is 11.5 Å². The van der Waals surface area contributed by atoms with Crippen molar-refractivity contribution in [2.24, 2.45) is 5.73 Å². The minimum atomic E-state index is -2.72. The van der Waals surface area contributed by atoms with E-state index in [9.17, 15) is 14.7 Å². The number of nitrogens with two attached hydrogens (primary N) is 1. The lowest BCUT2D eigenvalue weighted by Gasteiger charge is -2.21. The van der Waals surface area contributed by atoms with Crippen LogP contribution in [-0.2, 0) is 14.3 Å². The van der Waals surface area contributed by atoms with Crippen molar-refractivity contribution in [1.82, 2.24) is 0 Å². The topological polar surface area (TPSA) is 110 Å². The summed E-state index contributed by atoms with van der Waals surface area (Å²) in [5, 5.41) is 18.8. The highest BCUT2D eigenvalue weighted by Gasteiger charge is 2.45. The average Bonchev–Trinajstić information content (AvgIpc) is 2.92. The van der Waals surface area contributed by atoms with E-state index >= 15 is 0 Å². The maximum atomic E-state index is 12.0. The summed E-state index contributed by atoms with van der Waals surface area (Å²) in [7, 11) is 0. The third-order valence-electron chi connectivity index (χ3n) is 4.33. The number of esters is 1. The Morgan fingerprint density at radius 1 is 1.04 bits per heavy atom. The van der Waals surface area contributed by atoms with Crippen molar-refractivity contribution in [1.29, 1.82) is 0 Å². The van der Waals surface area contributed by atoms with Crippen LogP contribution >= 0.6 is 0 Å². The van der Waals surface area contributed by atoms with E-state index in [4.69, 9.17) is 15.6 Å². The number of hydrogen-bond acceptors (Lipinski definition) is 5. The molecular weight excluding hydrogens is 310 g/mol. The van der Waals surface area contributed by atoms with Crippen LogP contribution in [0.1, 0.15) is 17.0 Å². The fraction of sp³-hybridized carbons (Fsp3) is 0.222. The fourth-order valence-electron chi connectivity index (χ4n) is 2.98. The molecule has 1 aliphatic carbocycles. The summed E-state index contributed by atoms with van der Waals surface area (Å²) in [5.41, 5.74) is 6.60. The molecule has 0 amide bonds. The number of rotatable bonds is 5. The zero-order chi connectivity index (χ0) is 17.3. The molecule has 0 aliphatic heterocycles. The van der Waals surface area contributed by atoms with E-state index in [1.54, 1.807) is 0 Å². The molecule has 0 bridgehead atoms. The summed E-state index contributed by atoms with van der Waals surface area (Å²) in [6.45, 7) is -0.818. The first-order valence-electron chi connectivity index (χ1n) is 7.50. The summed E-state index contributed by atoms with van der Waals surface area (Å²) < 4.78 is 5.11. The van der Waals surface area contributed by atoms with Crippen molar-refractivity contribution in [3.63, 3.8) is 0 Å². The maximum Gasteiger partial charge on any atom is 0.351 e. The van der Waals surface area contributed by atoms with Crippen LogP contribution in [-0.4, -0.2) is 40.9 Å². The van der Waals surface area contributed by atoms with Crippen molar-refractivity contribution >= 4 is 11.9 Å². The molecule has 4 N–H and O–H groups in total. The van der Waals surface area contributed by atoms with Gasteiger partial charge < -0.3 is 20.7 Å². The zero-order valence-corrected chi connectivity index (χ0v) is 12.8. The van der Waals surface area contributed by atoms with Crippen LogP contribution in [0.4, 0.5) is 0 Å². The molecule has 0 radical (unpaired) electrons. The average molecular weight is 327 g/mol. The Bertz CT molecular complexity index is 758. The smallest absolute Gasteiger partial charge is 0.351 e. The van der Waals surface area contributed by atoms with Gasteiger partial charge in [-0.25, -0.2) is 9.59 Å². The van der Waals surface area contributed by atoms with Gasteiger partial charge in [-0.3, -0.25) is 0 Å². The van der Waals surface area contributed by atoms with Gasteiger partial charge in [0.25, 0.3) is 5.60 Å². The second kappa shape index (κ2) is 6.07. The van der Waals surface area contributed by atoms with E-state index in [-0.39, 0.29) is 12.5 Å². The van der Waals surface area contributed by atoms with Gasteiger partial charge in [0.05, 0.1) is 0 Å². The Kier molecular flexibility index (Phi) is 4.09.